The minimum absolute atomic E-state index is 0.0164. The number of allylic oxidation sites excluding steroid dienone is 1. The molecule has 1 saturated heterocycles. The predicted molar refractivity (Wildman–Crippen MR) is 117 cm³/mol. The van der Waals surface area contributed by atoms with Crippen molar-refractivity contribution in [1.29, 1.82) is 0 Å². The fourth-order valence-electron chi connectivity index (χ4n) is 2.91. The van der Waals surface area contributed by atoms with Crippen LogP contribution in [0.1, 0.15) is 68.9 Å². The Morgan fingerprint density at radius 1 is 1.20 bits per heavy atom. The molecule has 4 amide bonds. The van der Waals surface area contributed by atoms with E-state index in [9.17, 15) is 19.2 Å². The van der Waals surface area contributed by atoms with Crippen molar-refractivity contribution in [2.45, 2.75) is 60.4 Å². The van der Waals surface area contributed by atoms with E-state index in [2.05, 4.69) is 16.0 Å². The first kappa shape index (κ1) is 25.1. The van der Waals surface area contributed by atoms with Gasteiger partial charge in [-0.2, -0.15) is 0 Å². The molecule has 1 aliphatic heterocycles. The summed E-state index contributed by atoms with van der Waals surface area (Å²) in [5.74, 6) is -0.200. The van der Waals surface area contributed by atoms with Crippen LogP contribution in [0.15, 0.2) is 29.8 Å². The zero-order chi connectivity index (χ0) is 22.7. The van der Waals surface area contributed by atoms with E-state index >= 15 is 0 Å². The number of amides is 4. The number of carbonyl (C=O) groups excluding carboxylic acids is 4. The summed E-state index contributed by atoms with van der Waals surface area (Å²) in [6, 6.07) is 5.43. The van der Waals surface area contributed by atoms with Crippen LogP contribution in [-0.4, -0.2) is 30.2 Å². The highest BCUT2D eigenvalue weighted by atomic mass is 16.2. The molecule has 3 N–H and O–H groups in total. The van der Waals surface area contributed by atoms with Crippen LogP contribution in [0.3, 0.4) is 0 Å². The molecule has 2 rings (SSSR count). The highest BCUT2D eigenvalue weighted by molar-refractivity contribution is 5.98. The standard InChI is InChI=1S/C17H24N2O2.C6H9NO2/c1-5-12(3)10-18-17(21)19-11-14-8-7-9-16(13(4)20)15(14)6-2;1-4-2-3-5(8)7-6(4)9/h5,7-9H,6,10-11H2,1-4H3,(H2,18,19,21);4H,2-3H2,1H3,(H,7,8,9)/b12-5+;. The molecule has 7 nitrogen and oxygen atoms in total. The average Bonchev–Trinajstić information content (AvgIpc) is 2.73. The number of hydrogen-bond donors (Lipinski definition) is 3. The summed E-state index contributed by atoms with van der Waals surface area (Å²) in [6.45, 7) is 10.3. The Morgan fingerprint density at radius 3 is 2.43 bits per heavy atom. The van der Waals surface area contributed by atoms with Crippen LogP contribution >= 0.6 is 0 Å². The number of piperidine rings is 1. The topological polar surface area (TPSA) is 104 Å². The van der Waals surface area contributed by atoms with Crippen LogP contribution in [-0.2, 0) is 22.6 Å². The molecule has 1 aliphatic rings. The molecule has 1 fully saturated rings. The average molecular weight is 416 g/mol. The number of ketones is 1. The number of benzene rings is 1. The van der Waals surface area contributed by atoms with Gasteiger partial charge in [0.2, 0.25) is 11.8 Å². The van der Waals surface area contributed by atoms with Gasteiger partial charge in [-0.3, -0.25) is 19.7 Å². The number of Topliss-reactive ketones (excluding diaryl/α,β-unsaturated/α-hetero) is 1. The van der Waals surface area contributed by atoms with Gasteiger partial charge in [-0.15, -0.1) is 0 Å². The lowest BCUT2D eigenvalue weighted by atomic mass is 9.96. The molecule has 7 heteroatoms. The second-order valence-electron chi connectivity index (χ2n) is 7.38. The quantitative estimate of drug-likeness (QED) is 0.377. The minimum Gasteiger partial charge on any atom is -0.334 e. The summed E-state index contributed by atoms with van der Waals surface area (Å²) in [4.78, 5) is 44.5. The fraction of sp³-hybridized carbons (Fsp3) is 0.478. The Balaban J connectivity index is 0.000000414. The molecule has 30 heavy (non-hydrogen) atoms. The van der Waals surface area contributed by atoms with Gasteiger partial charge in [-0.05, 0) is 44.7 Å². The van der Waals surface area contributed by atoms with Gasteiger partial charge < -0.3 is 10.6 Å². The van der Waals surface area contributed by atoms with E-state index in [0.717, 1.165) is 28.7 Å². The smallest absolute Gasteiger partial charge is 0.315 e. The summed E-state index contributed by atoms with van der Waals surface area (Å²) < 4.78 is 0. The van der Waals surface area contributed by atoms with Gasteiger partial charge in [0.15, 0.2) is 5.78 Å². The second-order valence-corrected chi connectivity index (χ2v) is 7.38. The molecule has 1 aromatic carbocycles. The van der Waals surface area contributed by atoms with Crippen LogP contribution in [0.2, 0.25) is 0 Å². The molecular formula is C23H33N3O4. The zero-order valence-electron chi connectivity index (χ0n) is 18.6. The van der Waals surface area contributed by atoms with Crippen molar-refractivity contribution in [2.75, 3.05) is 6.54 Å². The Kier molecular flexibility index (Phi) is 10.5. The third-order valence-electron chi connectivity index (χ3n) is 4.98. The highest BCUT2D eigenvalue weighted by Crippen LogP contribution is 2.16. The van der Waals surface area contributed by atoms with E-state index < -0.39 is 0 Å². The normalized spacial score (nSPS) is 16.2. The lowest BCUT2D eigenvalue weighted by Crippen LogP contribution is -2.39. The monoisotopic (exact) mass is 415 g/mol. The molecule has 1 unspecified atom stereocenters. The van der Waals surface area contributed by atoms with Crippen LogP contribution in [0.4, 0.5) is 4.79 Å². The molecule has 0 bridgehead atoms. The maximum Gasteiger partial charge on any atom is 0.315 e. The van der Waals surface area contributed by atoms with E-state index in [1.54, 1.807) is 6.92 Å². The zero-order valence-corrected chi connectivity index (χ0v) is 18.6. The first-order valence-electron chi connectivity index (χ1n) is 10.3. The minimum atomic E-state index is -0.202. The van der Waals surface area contributed by atoms with Crippen LogP contribution in [0.5, 0.6) is 0 Å². The number of urea groups is 1. The molecule has 1 aromatic rings. The van der Waals surface area contributed by atoms with Gasteiger partial charge in [-0.25, -0.2) is 4.79 Å². The number of carbonyl (C=O) groups is 4. The second kappa shape index (κ2) is 12.6. The van der Waals surface area contributed by atoms with Crippen molar-refractivity contribution >= 4 is 23.6 Å². The van der Waals surface area contributed by atoms with E-state index in [0.29, 0.717) is 25.9 Å². The van der Waals surface area contributed by atoms with Gasteiger partial charge in [0, 0.05) is 31.0 Å². The van der Waals surface area contributed by atoms with Crippen LogP contribution < -0.4 is 16.0 Å². The number of rotatable bonds is 6. The third kappa shape index (κ3) is 8.19. The van der Waals surface area contributed by atoms with Gasteiger partial charge in [0.1, 0.15) is 0 Å². The van der Waals surface area contributed by atoms with Gasteiger partial charge >= 0.3 is 6.03 Å². The number of hydrogen-bond acceptors (Lipinski definition) is 4. The summed E-state index contributed by atoms with van der Waals surface area (Å²) in [6.07, 6.45) is 3.93. The van der Waals surface area contributed by atoms with E-state index in [4.69, 9.17) is 0 Å². The van der Waals surface area contributed by atoms with E-state index in [1.807, 2.05) is 52.0 Å². The molecule has 0 aliphatic carbocycles. The van der Waals surface area contributed by atoms with Gasteiger partial charge in [-0.1, -0.05) is 43.7 Å². The lowest BCUT2D eigenvalue weighted by molar-refractivity contribution is -0.135. The van der Waals surface area contributed by atoms with Crippen molar-refractivity contribution in [3.63, 3.8) is 0 Å². The maximum absolute atomic E-state index is 11.7. The molecule has 0 spiro atoms. The van der Waals surface area contributed by atoms with E-state index in [1.165, 1.54) is 0 Å². The summed E-state index contributed by atoms with van der Waals surface area (Å²) in [7, 11) is 0. The molecule has 0 radical (unpaired) electrons. The molecule has 0 saturated carbocycles. The Hall–Kier alpha value is -2.96. The molecule has 164 valence electrons. The molecular weight excluding hydrogens is 382 g/mol. The molecule has 1 atom stereocenters. The van der Waals surface area contributed by atoms with Crippen molar-refractivity contribution < 1.29 is 19.2 Å². The maximum atomic E-state index is 11.7. The van der Waals surface area contributed by atoms with Crippen molar-refractivity contribution in [3.05, 3.63) is 46.5 Å². The Morgan fingerprint density at radius 2 is 1.90 bits per heavy atom. The SMILES string of the molecule is C/C=C(\C)CNC(=O)NCc1cccc(C(C)=O)c1CC.CC1CCC(=O)NC1=O. The molecule has 0 aromatic heterocycles. The number of imide groups is 1. The summed E-state index contributed by atoms with van der Waals surface area (Å²) >= 11 is 0. The van der Waals surface area contributed by atoms with E-state index in [-0.39, 0.29) is 29.5 Å². The Labute approximate surface area is 178 Å². The van der Waals surface area contributed by atoms with Gasteiger partial charge in [0.05, 0.1) is 0 Å². The lowest BCUT2D eigenvalue weighted by Gasteiger charge is -2.15. The predicted octanol–water partition coefficient (Wildman–Crippen LogP) is 3.28. The van der Waals surface area contributed by atoms with Crippen molar-refractivity contribution in [1.82, 2.24) is 16.0 Å². The van der Waals surface area contributed by atoms with Gasteiger partial charge in [0.25, 0.3) is 0 Å². The third-order valence-corrected chi connectivity index (χ3v) is 4.98. The summed E-state index contributed by atoms with van der Waals surface area (Å²) in [5.41, 5.74) is 3.85. The van der Waals surface area contributed by atoms with Crippen LogP contribution in [0.25, 0.3) is 0 Å². The Bertz CT molecular complexity index is 815. The summed E-state index contributed by atoms with van der Waals surface area (Å²) in [5, 5.41) is 7.88. The van der Waals surface area contributed by atoms with Crippen molar-refractivity contribution in [3.8, 4) is 0 Å². The first-order valence-corrected chi connectivity index (χ1v) is 10.3. The number of nitrogens with one attached hydrogen (secondary N) is 3. The fourth-order valence-corrected chi connectivity index (χ4v) is 2.91. The molecule has 1 heterocycles. The van der Waals surface area contributed by atoms with Crippen LogP contribution in [0, 0.1) is 5.92 Å². The first-order chi connectivity index (χ1) is 14.2. The largest absolute Gasteiger partial charge is 0.334 e. The van der Waals surface area contributed by atoms with Crippen molar-refractivity contribution in [2.24, 2.45) is 5.92 Å². The highest BCUT2D eigenvalue weighted by Gasteiger charge is 2.21.